The second-order valence-corrected chi connectivity index (χ2v) is 10.8. The summed E-state index contributed by atoms with van der Waals surface area (Å²) in [5.41, 5.74) is 1.12. The number of carboxylic acid groups (broad SMARTS) is 1. The minimum atomic E-state index is -1.40. The third-order valence-electron chi connectivity index (χ3n) is 8.00. The molecule has 37 heavy (non-hydrogen) atoms. The second kappa shape index (κ2) is 13.0. The minimum absolute atomic E-state index is 0.140. The van der Waals surface area contributed by atoms with E-state index in [9.17, 15) is 15.0 Å². The van der Waals surface area contributed by atoms with Crippen LogP contribution >= 0.6 is 0 Å². The Bertz CT molecular complexity index is 957. The molecule has 1 aromatic rings. The van der Waals surface area contributed by atoms with Crippen molar-refractivity contribution >= 4 is 17.3 Å². The molecule has 1 aromatic carbocycles. The van der Waals surface area contributed by atoms with Crippen LogP contribution < -0.4 is 14.5 Å². The highest BCUT2D eigenvalue weighted by atomic mass is 19.1. The van der Waals surface area contributed by atoms with Gasteiger partial charge in [-0.2, -0.15) is 0 Å². The Balaban J connectivity index is 1.36. The summed E-state index contributed by atoms with van der Waals surface area (Å²) in [4.78, 5) is 18.1. The van der Waals surface area contributed by atoms with Crippen molar-refractivity contribution in [3.63, 3.8) is 0 Å². The van der Waals surface area contributed by atoms with Crippen molar-refractivity contribution in [3.8, 4) is 5.75 Å². The Morgan fingerprint density at radius 3 is 2.19 bits per heavy atom. The van der Waals surface area contributed by atoms with Gasteiger partial charge < -0.3 is 24.7 Å². The van der Waals surface area contributed by atoms with Gasteiger partial charge in [-0.3, -0.25) is 4.90 Å². The van der Waals surface area contributed by atoms with E-state index in [0.29, 0.717) is 30.2 Å². The highest BCUT2D eigenvalue weighted by Gasteiger charge is 2.41. The van der Waals surface area contributed by atoms with E-state index in [-0.39, 0.29) is 17.2 Å². The average molecular weight is 518 g/mol. The number of benzene rings is 1. The number of halogens is 1. The number of anilines is 2. The molecule has 0 radical (unpaired) electrons. The Morgan fingerprint density at radius 1 is 1.00 bits per heavy atom. The number of carbonyl (C=O) groups is 1. The van der Waals surface area contributed by atoms with Crippen molar-refractivity contribution < 1.29 is 24.1 Å². The summed E-state index contributed by atoms with van der Waals surface area (Å²) in [7, 11) is 1.52. The topological polar surface area (TPSA) is 76.5 Å². The standard InChI is InChI=1S/C29H44FN3O4/c1-3-4-5-6-7-8-9-10-11-14-31-15-17-32(18-16-31)26-24(30)19-22-25(28(26)37-2)33(21-12-13-21)20-23(27(22)34)29(35)36/h19-21,27,34H,3-18H2,1-2H3,(H,35,36). The molecule has 2 aliphatic heterocycles. The summed E-state index contributed by atoms with van der Waals surface area (Å²) < 4.78 is 21.3. The normalized spacial score (nSPS) is 20.1. The van der Waals surface area contributed by atoms with Gasteiger partial charge in [0, 0.05) is 44.0 Å². The van der Waals surface area contributed by atoms with E-state index in [2.05, 4.69) is 11.8 Å². The Labute approximate surface area is 220 Å². The number of aliphatic carboxylic acids is 1. The minimum Gasteiger partial charge on any atom is -0.492 e. The first-order chi connectivity index (χ1) is 18.0. The van der Waals surface area contributed by atoms with E-state index >= 15 is 4.39 Å². The Hall–Kier alpha value is -2.32. The molecule has 0 aromatic heterocycles. The van der Waals surface area contributed by atoms with E-state index in [4.69, 9.17) is 4.74 Å². The monoisotopic (exact) mass is 517 g/mol. The first-order valence-corrected chi connectivity index (χ1v) is 14.2. The van der Waals surface area contributed by atoms with Crippen LogP contribution in [0, 0.1) is 5.82 Å². The molecule has 1 unspecified atom stereocenters. The van der Waals surface area contributed by atoms with Crippen molar-refractivity contribution in [2.24, 2.45) is 0 Å². The number of aliphatic hydroxyl groups excluding tert-OH is 1. The lowest BCUT2D eigenvalue weighted by atomic mass is 9.94. The number of unbranched alkanes of at least 4 members (excludes halogenated alkanes) is 8. The number of fused-ring (bicyclic) bond motifs is 1. The molecule has 0 amide bonds. The number of rotatable bonds is 14. The summed E-state index contributed by atoms with van der Waals surface area (Å²) in [5, 5.41) is 20.3. The van der Waals surface area contributed by atoms with Crippen LogP contribution in [-0.4, -0.2) is 67.0 Å². The van der Waals surface area contributed by atoms with Gasteiger partial charge in [0.15, 0.2) is 11.6 Å². The number of methoxy groups -OCH3 is 1. The van der Waals surface area contributed by atoms with Gasteiger partial charge in [0.1, 0.15) is 11.8 Å². The lowest BCUT2D eigenvalue weighted by Crippen LogP contribution is -2.47. The van der Waals surface area contributed by atoms with Crippen molar-refractivity contribution in [1.82, 2.24) is 4.90 Å². The summed E-state index contributed by atoms with van der Waals surface area (Å²) >= 11 is 0. The van der Waals surface area contributed by atoms with Crippen molar-refractivity contribution in [2.75, 3.05) is 49.6 Å². The molecule has 0 bridgehead atoms. The molecule has 0 spiro atoms. The van der Waals surface area contributed by atoms with Crippen LogP contribution in [0.25, 0.3) is 0 Å². The van der Waals surface area contributed by atoms with E-state index in [0.717, 1.165) is 32.5 Å². The SMILES string of the molecule is CCCCCCCCCCCN1CCN(c2c(F)cc3c(c2OC)N(C2CC2)C=C(C(=O)O)C3O)CC1. The molecule has 1 aliphatic carbocycles. The number of hydrogen-bond acceptors (Lipinski definition) is 6. The summed E-state index contributed by atoms with van der Waals surface area (Å²) in [6.45, 7) is 6.47. The molecule has 2 heterocycles. The maximum atomic E-state index is 15.5. The summed E-state index contributed by atoms with van der Waals surface area (Å²) in [6.07, 6.45) is 13.8. The largest absolute Gasteiger partial charge is 0.492 e. The molecule has 1 saturated heterocycles. The second-order valence-electron chi connectivity index (χ2n) is 10.8. The van der Waals surface area contributed by atoms with Crippen molar-refractivity contribution in [3.05, 3.63) is 29.2 Å². The molecular weight excluding hydrogens is 473 g/mol. The van der Waals surface area contributed by atoms with Crippen LogP contribution in [0.2, 0.25) is 0 Å². The molecule has 206 valence electrons. The Kier molecular flexibility index (Phi) is 9.71. The van der Waals surface area contributed by atoms with Gasteiger partial charge in [-0.25, -0.2) is 9.18 Å². The van der Waals surface area contributed by atoms with Gasteiger partial charge in [0.2, 0.25) is 0 Å². The predicted molar refractivity (Wildman–Crippen MR) is 145 cm³/mol. The molecule has 2 N–H and O–H groups in total. The van der Waals surface area contributed by atoms with Crippen LogP contribution in [0.15, 0.2) is 17.8 Å². The third kappa shape index (κ3) is 6.58. The molecule has 2 fully saturated rings. The van der Waals surface area contributed by atoms with Gasteiger partial charge in [-0.15, -0.1) is 0 Å². The van der Waals surface area contributed by atoms with E-state index in [1.54, 1.807) is 0 Å². The highest BCUT2D eigenvalue weighted by molar-refractivity contribution is 5.92. The lowest BCUT2D eigenvalue weighted by Gasteiger charge is -2.39. The molecular formula is C29H44FN3O4. The molecule has 1 atom stereocenters. The van der Waals surface area contributed by atoms with Crippen LogP contribution in [-0.2, 0) is 4.79 Å². The van der Waals surface area contributed by atoms with E-state index in [1.165, 1.54) is 77.2 Å². The quantitative estimate of drug-likeness (QED) is 0.317. The fourth-order valence-corrected chi connectivity index (χ4v) is 5.69. The Morgan fingerprint density at radius 2 is 1.62 bits per heavy atom. The van der Waals surface area contributed by atoms with Crippen molar-refractivity contribution in [1.29, 1.82) is 0 Å². The van der Waals surface area contributed by atoms with Gasteiger partial charge in [-0.05, 0) is 31.9 Å². The molecule has 1 saturated carbocycles. The highest BCUT2D eigenvalue weighted by Crippen LogP contribution is 2.51. The first kappa shape index (κ1) is 27.7. The first-order valence-electron chi connectivity index (χ1n) is 14.2. The van der Waals surface area contributed by atoms with Gasteiger partial charge in [0.05, 0.1) is 18.4 Å². The maximum Gasteiger partial charge on any atom is 0.336 e. The van der Waals surface area contributed by atoms with E-state index in [1.807, 2.05) is 9.80 Å². The molecule has 7 nitrogen and oxygen atoms in total. The van der Waals surface area contributed by atoms with Crippen LogP contribution in [0.3, 0.4) is 0 Å². The lowest BCUT2D eigenvalue weighted by molar-refractivity contribution is -0.133. The zero-order valence-corrected chi connectivity index (χ0v) is 22.6. The van der Waals surface area contributed by atoms with Gasteiger partial charge in [0.25, 0.3) is 0 Å². The third-order valence-corrected chi connectivity index (χ3v) is 8.00. The fourth-order valence-electron chi connectivity index (χ4n) is 5.69. The van der Waals surface area contributed by atoms with Crippen LogP contribution in [0.5, 0.6) is 5.75 Å². The van der Waals surface area contributed by atoms with Crippen LogP contribution in [0.1, 0.15) is 89.2 Å². The summed E-state index contributed by atoms with van der Waals surface area (Å²) in [6, 6.07) is 1.44. The fraction of sp³-hybridized carbons (Fsp3) is 0.690. The van der Waals surface area contributed by atoms with Gasteiger partial charge in [-0.1, -0.05) is 58.3 Å². The zero-order valence-electron chi connectivity index (χ0n) is 22.6. The smallest absolute Gasteiger partial charge is 0.336 e. The number of carboxylic acids is 1. The maximum absolute atomic E-state index is 15.5. The molecule has 8 heteroatoms. The zero-order chi connectivity index (χ0) is 26.4. The number of aliphatic hydroxyl groups is 1. The average Bonchev–Trinajstić information content (AvgIpc) is 3.73. The van der Waals surface area contributed by atoms with Crippen molar-refractivity contribution in [2.45, 2.75) is 89.7 Å². The predicted octanol–water partition coefficient (Wildman–Crippen LogP) is 5.47. The number of piperazine rings is 1. The molecule has 3 aliphatic rings. The molecule has 4 rings (SSSR count). The van der Waals surface area contributed by atoms with E-state index < -0.39 is 17.9 Å². The van der Waals surface area contributed by atoms with Crippen LogP contribution in [0.4, 0.5) is 15.8 Å². The number of hydrogen-bond donors (Lipinski definition) is 2. The van der Waals surface area contributed by atoms with Gasteiger partial charge >= 0.3 is 5.97 Å². The number of ether oxygens (including phenoxy) is 1. The number of nitrogens with zero attached hydrogens (tertiary/aromatic N) is 3. The summed E-state index contributed by atoms with van der Waals surface area (Å²) in [5.74, 6) is -1.30.